The second-order valence-electron chi connectivity index (χ2n) is 11.3. The summed E-state index contributed by atoms with van der Waals surface area (Å²) in [4.78, 5) is 110. The lowest BCUT2D eigenvalue weighted by Gasteiger charge is -2.27. The minimum Gasteiger partial charge on any atom is -0.481 e. The van der Waals surface area contributed by atoms with Crippen molar-refractivity contribution < 1.29 is 53.0 Å². The topological polar surface area (TPSA) is 272 Å². The number of aliphatic carboxylic acids is 1. The fourth-order valence-corrected chi connectivity index (χ4v) is 4.44. The molecule has 0 unspecified atom stereocenters. The van der Waals surface area contributed by atoms with E-state index in [2.05, 4.69) is 26.6 Å². The van der Waals surface area contributed by atoms with Crippen LogP contribution in [-0.4, -0.2) is 94.6 Å². The molecule has 0 aliphatic carbocycles. The number of anilines is 1. The van der Waals surface area contributed by atoms with E-state index < -0.39 is 90.4 Å². The van der Waals surface area contributed by atoms with Crippen molar-refractivity contribution in [1.29, 1.82) is 0 Å². The number of benzene rings is 1. The summed E-state index contributed by atoms with van der Waals surface area (Å²) in [5.74, 6) is -6.97. The highest BCUT2D eigenvalue weighted by Crippen LogP contribution is 2.13. The van der Waals surface area contributed by atoms with E-state index in [-0.39, 0.29) is 32.4 Å². The number of esters is 1. The fourth-order valence-electron chi connectivity index (χ4n) is 4.44. The van der Waals surface area contributed by atoms with Crippen LogP contribution in [0.25, 0.3) is 0 Å². The lowest BCUT2D eigenvalue weighted by Crippen LogP contribution is -2.58. The molecule has 266 valence electrons. The lowest BCUT2D eigenvalue weighted by molar-refractivity contribution is -0.142. The van der Waals surface area contributed by atoms with Gasteiger partial charge in [0.05, 0.1) is 0 Å². The minimum absolute atomic E-state index is 0.0353. The van der Waals surface area contributed by atoms with E-state index in [1.165, 1.54) is 6.92 Å². The molecule has 0 saturated heterocycles. The highest BCUT2D eigenvalue weighted by Gasteiger charge is 2.33. The fraction of sp³-hybridized carbons (Fsp3) is 0.452. The van der Waals surface area contributed by atoms with Gasteiger partial charge in [-0.15, -0.1) is 0 Å². The average Bonchev–Trinajstić information content (AvgIpc) is 3.34. The number of ether oxygens (including phenoxy) is 1. The number of rotatable bonds is 19. The van der Waals surface area contributed by atoms with Crippen molar-refractivity contribution in [2.24, 2.45) is 11.7 Å². The summed E-state index contributed by atoms with van der Waals surface area (Å²) in [6.07, 6.45) is 1.30. The molecule has 1 aromatic rings. The Labute approximate surface area is 281 Å². The van der Waals surface area contributed by atoms with Crippen LogP contribution in [0.4, 0.5) is 10.5 Å². The monoisotopic (exact) mass is 687 g/mol. The van der Waals surface area contributed by atoms with Crippen LogP contribution in [0.2, 0.25) is 0 Å². The van der Waals surface area contributed by atoms with Crippen molar-refractivity contribution in [2.75, 3.05) is 18.4 Å². The predicted octanol–water partition coefficient (Wildman–Crippen LogP) is -0.963. The molecule has 2 rings (SSSR count). The van der Waals surface area contributed by atoms with E-state index in [1.54, 1.807) is 38.1 Å². The summed E-state index contributed by atoms with van der Waals surface area (Å²) < 4.78 is 4.95. The minimum atomic E-state index is -1.46. The van der Waals surface area contributed by atoms with Crippen LogP contribution in [0.3, 0.4) is 0 Å². The number of hydrogen-bond donors (Lipinski definition) is 7. The van der Waals surface area contributed by atoms with Gasteiger partial charge in [-0.25, -0.2) is 4.79 Å². The SMILES string of the molecule is CC(=O)OCc1ccc(NC(=O)[C@H](CCCNC(N)=O)NC(=O)[C@@H](NC(=O)[C@H](CCC(=O)O)NC(=O)CN2C(=O)C=CC2=O)C(C)C)cc1. The number of carboxylic acid groups (broad SMARTS) is 1. The van der Waals surface area contributed by atoms with Crippen LogP contribution in [0.5, 0.6) is 0 Å². The first-order valence-electron chi connectivity index (χ1n) is 15.3. The molecule has 3 atom stereocenters. The quantitative estimate of drug-likeness (QED) is 0.0528. The van der Waals surface area contributed by atoms with Gasteiger partial charge >= 0.3 is 18.0 Å². The summed E-state index contributed by atoms with van der Waals surface area (Å²) in [6.45, 7) is 3.90. The molecular formula is C31H41N7O11. The van der Waals surface area contributed by atoms with Gasteiger partial charge in [-0.05, 0) is 42.9 Å². The van der Waals surface area contributed by atoms with Crippen LogP contribution < -0.4 is 32.3 Å². The molecule has 8 amide bonds. The van der Waals surface area contributed by atoms with Gasteiger partial charge in [-0.2, -0.15) is 0 Å². The number of primary amides is 1. The molecule has 18 nitrogen and oxygen atoms in total. The van der Waals surface area contributed by atoms with Gasteiger partial charge in [0, 0.05) is 37.7 Å². The zero-order valence-electron chi connectivity index (χ0n) is 27.3. The third-order valence-electron chi connectivity index (χ3n) is 7.01. The second kappa shape index (κ2) is 19.1. The molecule has 1 aromatic carbocycles. The maximum absolute atomic E-state index is 13.5. The van der Waals surface area contributed by atoms with Crippen LogP contribution in [-0.2, 0) is 49.7 Å². The third-order valence-corrected chi connectivity index (χ3v) is 7.01. The number of hydrogen-bond acceptors (Lipinski definition) is 10. The Morgan fingerprint density at radius 3 is 2.02 bits per heavy atom. The van der Waals surface area contributed by atoms with Crippen LogP contribution in [0, 0.1) is 5.92 Å². The van der Waals surface area contributed by atoms with Gasteiger partial charge in [0.25, 0.3) is 11.8 Å². The largest absolute Gasteiger partial charge is 0.481 e. The van der Waals surface area contributed by atoms with Crippen molar-refractivity contribution in [3.63, 3.8) is 0 Å². The standard InChI is InChI=1S/C31H41N7O11/c1-17(2)27(37-29(46)22(10-13-26(43)44)35-23(40)15-38-24(41)11-12-25(38)42)30(47)36-21(5-4-14-33-31(32)48)28(45)34-20-8-6-19(7-9-20)16-49-18(3)39/h6-9,11-12,17,21-22,27H,4-5,10,13-16H2,1-3H3,(H,34,45)(H,35,40)(H,36,47)(H,37,46)(H,43,44)(H3,32,33,48)/t21-,22-,27-/m0/s1. The van der Waals surface area contributed by atoms with Crippen LogP contribution in [0.15, 0.2) is 36.4 Å². The number of nitrogens with one attached hydrogen (secondary N) is 5. The van der Waals surface area contributed by atoms with E-state index >= 15 is 0 Å². The average molecular weight is 688 g/mol. The molecule has 0 radical (unpaired) electrons. The van der Waals surface area contributed by atoms with Crippen molar-refractivity contribution in [1.82, 2.24) is 26.2 Å². The molecule has 0 saturated carbocycles. The number of amides is 8. The van der Waals surface area contributed by atoms with E-state index in [1.807, 2.05) is 0 Å². The number of urea groups is 1. The molecule has 1 aliphatic heterocycles. The second-order valence-corrected chi connectivity index (χ2v) is 11.3. The van der Waals surface area contributed by atoms with Gasteiger partial charge in [0.2, 0.25) is 23.6 Å². The Morgan fingerprint density at radius 2 is 1.47 bits per heavy atom. The van der Waals surface area contributed by atoms with E-state index in [4.69, 9.17) is 15.6 Å². The zero-order chi connectivity index (χ0) is 36.7. The van der Waals surface area contributed by atoms with Gasteiger partial charge in [-0.3, -0.25) is 43.3 Å². The van der Waals surface area contributed by atoms with E-state index in [9.17, 15) is 43.2 Å². The van der Waals surface area contributed by atoms with Crippen LogP contribution >= 0.6 is 0 Å². The summed E-state index contributed by atoms with van der Waals surface area (Å²) in [6, 6.07) is 1.74. The molecule has 49 heavy (non-hydrogen) atoms. The van der Waals surface area contributed by atoms with Crippen molar-refractivity contribution in [3.8, 4) is 0 Å². The van der Waals surface area contributed by atoms with Crippen molar-refractivity contribution >= 4 is 59.1 Å². The molecular weight excluding hydrogens is 646 g/mol. The van der Waals surface area contributed by atoms with Crippen LogP contribution in [0.1, 0.15) is 52.0 Å². The maximum Gasteiger partial charge on any atom is 0.312 e. The third kappa shape index (κ3) is 13.8. The van der Waals surface area contributed by atoms with Gasteiger partial charge in [-0.1, -0.05) is 26.0 Å². The summed E-state index contributed by atoms with van der Waals surface area (Å²) in [7, 11) is 0. The van der Waals surface area contributed by atoms with E-state index in [0.717, 1.165) is 12.2 Å². The number of nitrogens with two attached hydrogens (primary N) is 1. The molecule has 0 aromatic heterocycles. The van der Waals surface area contributed by atoms with E-state index in [0.29, 0.717) is 16.2 Å². The highest BCUT2D eigenvalue weighted by atomic mass is 16.5. The first-order chi connectivity index (χ1) is 23.1. The number of imide groups is 1. The highest BCUT2D eigenvalue weighted by molar-refractivity contribution is 6.14. The zero-order valence-corrected chi connectivity index (χ0v) is 27.3. The Morgan fingerprint density at radius 1 is 0.857 bits per heavy atom. The normalized spacial score (nSPS) is 14.0. The smallest absolute Gasteiger partial charge is 0.312 e. The molecule has 18 heteroatoms. The Kier molecular flexibility index (Phi) is 15.4. The Hall–Kier alpha value is -5.81. The molecule has 0 bridgehead atoms. The summed E-state index contributed by atoms with van der Waals surface area (Å²) >= 11 is 0. The first-order valence-corrected chi connectivity index (χ1v) is 15.3. The molecule has 8 N–H and O–H groups in total. The Bertz CT molecular complexity index is 1440. The number of nitrogens with zero attached hydrogens (tertiary/aromatic N) is 1. The lowest BCUT2D eigenvalue weighted by atomic mass is 10.0. The van der Waals surface area contributed by atoms with Gasteiger partial charge < -0.3 is 42.2 Å². The molecule has 0 fully saturated rings. The molecule has 1 heterocycles. The summed E-state index contributed by atoms with van der Waals surface area (Å²) in [5.41, 5.74) is 6.14. The predicted molar refractivity (Wildman–Crippen MR) is 171 cm³/mol. The number of carboxylic acids is 1. The Balaban J connectivity index is 2.17. The molecule has 1 aliphatic rings. The van der Waals surface area contributed by atoms with Crippen molar-refractivity contribution in [3.05, 3.63) is 42.0 Å². The first kappa shape index (κ1) is 39.4. The van der Waals surface area contributed by atoms with Gasteiger partial charge in [0.15, 0.2) is 0 Å². The maximum atomic E-state index is 13.5. The molecule has 0 spiro atoms. The van der Waals surface area contributed by atoms with Gasteiger partial charge in [0.1, 0.15) is 31.3 Å². The summed E-state index contributed by atoms with van der Waals surface area (Å²) in [5, 5.41) is 21.7. The number of carbonyl (C=O) groups excluding carboxylic acids is 8. The number of carbonyl (C=O) groups is 9. The van der Waals surface area contributed by atoms with Crippen molar-refractivity contribution in [2.45, 2.75) is 71.2 Å².